The average molecular weight is 459 g/mol. The highest BCUT2D eigenvalue weighted by molar-refractivity contribution is 6.04. The number of ketones is 1. The van der Waals surface area contributed by atoms with Crippen molar-refractivity contribution in [1.82, 2.24) is 5.01 Å². The molecule has 1 aliphatic heterocycles. The predicted molar refractivity (Wildman–Crippen MR) is 126 cm³/mol. The molecule has 1 aliphatic carbocycles. The van der Waals surface area contributed by atoms with Gasteiger partial charge < -0.3 is 13.9 Å². The fraction of sp³-hybridized carbons (Fsp3) is 0.296. The number of carbonyl (C=O) groups excluding carboxylic acids is 2. The van der Waals surface area contributed by atoms with Crippen LogP contribution in [-0.2, 0) is 4.79 Å². The summed E-state index contributed by atoms with van der Waals surface area (Å²) in [5.41, 5.74) is 4.37. The lowest BCUT2D eigenvalue weighted by Gasteiger charge is -2.20. The van der Waals surface area contributed by atoms with E-state index in [0.717, 1.165) is 28.2 Å². The molecule has 2 unspecified atom stereocenters. The molecule has 1 aromatic heterocycles. The summed E-state index contributed by atoms with van der Waals surface area (Å²) in [6.45, 7) is 3.81. The molecule has 2 atom stereocenters. The lowest BCUT2D eigenvalue weighted by Crippen LogP contribution is -2.31. The van der Waals surface area contributed by atoms with Gasteiger partial charge in [0, 0.05) is 12.8 Å². The first-order chi connectivity index (χ1) is 16.5. The van der Waals surface area contributed by atoms with Crippen molar-refractivity contribution in [3.05, 3.63) is 82.8 Å². The molecule has 34 heavy (non-hydrogen) atoms. The number of rotatable bonds is 6. The third-order valence-electron chi connectivity index (χ3n) is 6.50. The second-order valence-corrected chi connectivity index (χ2v) is 8.74. The van der Waals surface area contributed by atoms with Crippen molar-refractivity contribution in [3.8, 4) is 11.5 Å². The standard InChI is InChI=1S/C27H26N2O5/c1-16-6-11-24(27-22(30)13-17(2)26(16)27)34-15-25(31)29-21(23-5-4-12-33-23)14-20(28-29)18-7-9-19(32-3)10-8-18/h4-12,17,21H,13-15H2,1-3H3. The monoisotopic (exact) mass is 458 g/mol. The Labute approximate surface area is 198 Å². The summed E-state index contributed by atoms with van der Waals surface area (Å²) in [4.78, 5) is 25.8. The highest BCUT2D eigenvalue weighted by atomic mass is 16.5. The SMILES string of the molecule is COc1ccc(C2=NN(C(=O)COc3ccc(C)c4c3C(=O)CC4C)C(c3ccco3)C2)cc1. The average Bonchev–Trinajstić information content (AvgIpc) is 3.58. The number of benzene rings is 2. The van der Waals surface area contributed by atoms with Gasteiger partial charge >= 0.3 is 0 Å². The quantitative estimate of drug-likeness (QED) is 0.517. The molecule has 0 N–H and O–H groups in total. The molecule has 0 fully saturated rings. The van der Waals surface area contributed by atoms with Crippen molar-refractivity contribution in [2.24, 2.45) is 5.10 Å². The topological polar surface area (TPSA) is 81.3 Å². The lowest BCUT2D eigenvalue weighted by atomic mass is 9.97. The minimum atomic E-state index is -0.367. The van der Waals surface area contributed by atoms with Crippen LogP contribution in [0.4, 0.5) is 0 Å². The minimum Gasteiger partial charge on any atom is -0.497 e. The number of hydrogen-bond donors (Lipinski definition) is 0. The molecular formula is C27H26N2O5. The van der Waals surface area contributed by atoms with E-state index in [1.54, 1.807) is 25.5 Å². The maximum absolute atomic E-state index is 13.3. The Bertz CT molecular complexity index is 1260. The zero-order chi connectivity index (χ0) is 23.8. The Hall–Kier alpha value is -3.87. The number of nitrogens with zero attached hydrogens (tertiary/aromatic N) is 2. The third kappa shape index (κ3) is 3.87. The maximum Gasteiger partial charge on any atom is 0.281 e. The number of aryl methyl sites for hydroxylation is 1. The van der Waals surface area contributed by atoms with Crippen molar-refractivity contribution in [2.75, 3.05) is 13.7 Å². The van der Waals surface area contributed by atoms with Gasteiger partial charge in [-0.25, -0.2) is 5.01 Å². The largest absolute Gasteiger partial charge is 0.497 e. The number of amides is 1. The Balaban J connectivity index is 1.39. The second-order valence-electron chi connectivity index (χ2n) is 8.74. The third-order valence-corrected chi connectivity index (χ3v) is 6.50. The molecule has 2 aromatic carbocycles. The summed E-state index contributed by atoms with van der Waals surface area (Å²) >= 11 is 0. The number of carbonyl (C=O) groups is 2. The van der Waals surface area contributed by atoms with E-state index < -0.39 is 0 Å². The molecule has 174 valence electrons. The summed E-state index contributed by atoms with van der Waals surface area (Å²) in [5.74, 6) is 1.76. The number of hydrogen-bond acceptors (Lipinski definition) is 6. The number of furan rings is 1. The number of Topliss-reactive ketones (excluding diaryl/α,β-unsaturated/α-hetero) is 1. The Morgan fingerprint density at radius 3 is 2.65 bits per heavy atom. The van der Waals surface area contributed by atoms with E-state index in [2.05, 4.69) is 5.10 Å². The van der Waals surface area contributed by atoms with E-state index in [1.165, 1.54) is 5.01 Å². The normalized spacial score (nSPS) is 19.2. The molecule has 1 amide bonds. The summed E-state index contributed by atoms with van der Waals surface area (Å²) < 4.78 is 16.8. The van der Waals surface area contributed by atoms with Crippen LogP contribution in [0.1, 0.15) is 64.5 Å². The van der Waals surface area contributed by atoms with E-state index in [1.807, 2.05) is 50.2 Å². The second kappa shape index (κ2) is 8.82. The fourth-order valence-electron chi connectivity index (χ4n) is 4.84. The molecule has 2 aliphatic rings. The summed E-state index contributed by atoms with van der Waals surface area (Å²) in [6, 6.07) is 14.5. The maximum atomic E-state index is 13.3. The molecular weight excluding hydrogens is 432 g/mol. The summed E-state index contributed by atoms with van der Waals surface area (Å²) in [5, 5.41) is 6.06. The van der Waals surface area contributed by atoms with Gasteiger partial charge in [-0.05, 0) is 72.0 Å². The van der Waals surface area contributed by atoms with Crippen LogP contribution < -0.4 is 9.47 Å². The zero-order valence-corrected chi connectivity index (χ0v) is 19.4. The van der Waals surface area contributed by atoms with E-state index in [4.69, 9.17) is 13.9 Å². The van der Waals surface area contributed by atoms with Crippen molar-refractivity contribution < 1.29 is 23.5 Å². The Morgan fingerprint density at radius 1 is 1.15 bits per heavy atom. The molecule has 7 heteroatoms. The first kappa shape index (κ1) is 21.9. The van der Waals surface area contributed by atoms with Crippen LogP contribution in [0.3, 0.4) is 0 Å². The van der Waals surface area contributed by atoms with Gasteiger partial charge in [-0.1, -0.05) is 13.0 Å². The van der Waals surface area contributed by atoms with Crippen LogP contribution >= 0.6 is 0 Å². The van der Waals surface area contributed by atoms with Crippen molar-refractivity contribution in [1.29, 1.82) is 0 Å². The van der Waals surface area contributed by atoms with Crippen LogP contribution in [0.5, 0.6) is 11.5 Å². The van der Waals surface area contributed by atoms with E-state index in [-0.39, 0.29) is 30.3 Å². The fourth-order valence-corrected chi connectivity index (χ4v) is 4.84. The van der Waals surface area contributed by atoms with Gasteiger partial charge in [0.25, 0.3) is 5.91 Å². The molecule has 3 aromatic rings. The van der Waals surface area contributed by atoms with Gasteiger partial charge in [0.1, 0.15) is 23.3 Å². The minimum absolute atomic E-state index is 0.0584. The lowest BCUT2D eigenvalue weighted by molar-refractivity contribution is -0.135. The predicted octanol–water partition coefficient (Wildman–Crippen LogP) is 5.04. The van der Waals surface area contributed by atoms with Crippen LogP contribution in [0.25, 0.3) is 0 Å². The van der Waals surface area contributed by atoms with E-state index in [9.17, 15) is 9.59 Å². The van der Waals surface area contributed by atoms with E-state index in [0.29, 0.717) is 29.9 Å². The van der Waals surface area contributed by atoms with Gasteiger partial charge in [0.2, 0.25) is 0 Å². The number of methoxy groups -OCH3 is 1. The molecule has 0 spiro atoms. The summed E-state index contributed by atoms with van der Waals surface area (Å²) in [7, 11) is 1.62. The van der Waals surface area contributed by atoms with Gasteiger partial charge in [0.15, 0.2) is 12.4 Å². The number of fused-ring (bicyclic) bond motifs is 1. The first-order valence-corrected chi connectivity index (χ1v) is 11.3. The number of hydrazone groups is 1. The Kier molecular flexibility index (Phi) is 5.69. The van der Waals surface area contributed by atoms with Crippen molar-refractivity contribution >= 4 is 17.4 Å². The van der Waals surface area contributed by atoms with Gasteiger partial charge in [-0.15, -0.1) is 0 Å². The van der Waals surface area contributed by atoms with Crippen LogP contribution in [0.15, 0.2) is 64.3 Å². The Morgan fingerprint density at radius 2 is 1.94 bits per heavy atom. The highest BCUT2D eigenvalue weighted by Crippen LogP contribution is 2.40. The first-order valence-electron chi connectivity index (χ1n) is 11.3. The van der Waals surface area contributed by atoms with Gasteiger partial charge in [0.05, 0.1) is 24.6 Å². The summed E-state index contributed by atoms with van der Waals surface area (Å²) in [6.07, 6.45) is 2.57. The molecule has 0 bridgehead atoms. The smallest absolute Gasteiger partial charge is 0.281 e. The molecule has 0 radical (unpaired) electrons. The van der Waals surface area contributed by atoms with E-state index >= 15 is 0 Å². The molecule has 2 heterocycles. The molecule has 0 saturated heterocycles. The molecule has 5 rings (SSSR count). The molecule has 0 saturated carbocycles. The number of ether oxygens (including phenoxy) is 2. The van der Waals surface area contributed by atoms with Crippen LogP contribution in [0, 0.1) is 6.92 Å². The van der Waals surface area contributed by atoms with Crippen molar-refractivity contribution in [3.63, 3.8) is 0 Å². The van der Waals surface area contributed by atoms with Crippen LogP contribution in [-0.4, -0.2) is 36.1 Å². The molecule has 7 nitrogen and oxygen atoms in total. The van der Waals surface area contributed by atoms with Gasteiger partial charge in [-0.2, -0.15) is 5.10 Å². The zero-order valence-electron chi connectivity index (χ0n) is 19.4. The highest BCUT2D eigenvalue weighted by Gasteiger charge is 2.36. The van der Waals surface area contributed by atoms with Crippen molar-refractivity contribution in [2.45, 2.75) is 38.6 Å². The van der Waals surface area contributed by atoms with Crippen LogP contribution in [0.2, 0.25) is 0 Å². The van der Waals surface area contributed by atoms with Gasteiger partial charge in [-0.3, -0.25) is 9.59 Å².